The molecule has 1 aliphatic heterocycles. The van der Waals surface area contributed by atoms with Crippen LogP contribution in [-0.2, 0) is 6.42 Å². The molecule has 29 heavy (non-hydrogen) atoms. The van der Waals surface area contributed by atoms with Gasteiger partial charge in [-0.25, -0.2) is 9.37 Å². The molecule has 2 aromatic rings. The zero-order valence-electron chi connectivity index (χ0n) is 17.3. The Morgan fingerprint density at radius 3 is 2.59 bits per heavy atom. The Balaban J connectivity index is 1.38. The smallest absolute Gasteiger partial charge is 0.191 e. The van der Waals surface area contributed by atoms with Crippen molar-refractivity contribution in [2.75, 3.05) is 57.3 Å². The number of halogens is 1. The fourth-order valence-corrected chi connectivity index (χ4v) is 4.12. The first kappa shape index (κ1) is 21.5. The van der Waals surface area contributed by atoms with E-state index in [0.717, 1.165) is 75.4 Å². The van der Waals surface area contributed by atoms with Gasteiger partial charge in [0.2, 0.25) is 0 Å². The minimum absolute atomic E-state index is 0.183. The molecule has 1 aromatic carbocycles. The molecular formula is C21H31FN6S. The summed E-state index contributed by atoms with van der Waals surface area (Å²) < 4.78 is 13.1. The lowest BCUT2D eigenvalue weighted by Crippen LogP contribution is -2.47. The van der Waals surface area contributed by atoms with E-state index in [2.05, 4.69) is 39.3 Å². The first-order valence-electron chi connectivity index (χ1n) is 10.3. The fraction of sp³-hybridized carbons (Fsp3) is 0.524. The van der Waals surface area contributed by atoms with Crippen LogP contribution in [0, 0.1) is 12.7 Å². The van der Waals surface area contributed by atoms with Crippen molar-refractivity contribution in [1.82, 2.24) is 20.5 Å². The number of thiazole rings is 1. The molecule has 1 aliphatic rings. The molecule has 0 spiro atoms. The van der Waals surface area contributed by atoms with Crippen molar-refractivity contribution in [2.24, 2.45) is 4.99 Å². The Kier molecular flexibility index (Phi) is 8.25. The van der Waals surface area contributed by atoms with E-state index in [1.807, 2.05) is 18.3 Å². The quantitative estimate of drug-likeness (QED) is 0.510. The molecule has 0 amide bonds. The van der Waals surface area contributed by atoms with Crippen molar-refractivity contribution in [3.63, 3.8) is 0 Å². The summed E-state index contributed by atoms with van der Waals surface area (Å²) in [6.07, 6.45) is 2.84. The fourth-order valence-electron chi connectivity index (χ4n) is 3.33. The molecule has 3 rings (SSSR count). The van der Waals surface area contributed by atoms with Gasteiger partial charge in [-0.3, -0.25) is 9.89 Å². The molecule has 0 saturated carbocycles. The maximum atomic E-state index is 13.1. The van der Waals surface area contributed by atoms with Crippen molar-refractivity contribution in [2.45, 2.75) is 20.3 Å². The lowest BCUT2D eigenvalue weighted by Gasteiger charge is -2.35. The van der Waals surface area contributed by atoms with E-state index in [0.29, 0.717) is 0 Å². The van der Waals surface area contributed by atoms with Gasteiger partial charge in [-0.1, -0.05) is 0 Å². The van der Waals surface area contributed by atoms with Crippen LogP contribution < -0.4 is 15.5 Å². The Morgan fingerprint density at radius 2 is 1.93 bits per heavy atom. The molecule has 2 heterocycles. The second-order valence-corrected chi connectivity index (χ2v) is 8.43. The van der Waals surface area contributed by atoms with Gasteiger partial charge in [0, 0.05) is 69.0 Å². The van der Waals surface area contributed by atoms with Gasteiger partial charge in [-0.2, -0.15) is 0 Å². The Labute approximate surface area is 176 Å². The van der Waals surface area contributed by atoms with Gasteiger partial charge in [0.05, 0.1) is 11.6 Å². The van der Waals surface area contributed by atoms with E-state index < -0.39 is 0 Å². The summed E-state index contributed by atoms with van der Waals surface area (Å²) in [5.74, 6) is 0.683. The molecule has 1 saturated heterocycles. The number of aromatic nitrogens is 1. The predicted octanol–water partition coefficient (Wildman–Crippen LogP) is 2.51. The molecule has 158 valence electrons. The number of anilines is 1. The summed E-state index contributed by atoms with van der Waals surface area (Å²) in [5.41, 5.74) is 1.10. The van der Waals surface area contributed by atoms with Gasteiger partial charge in [0.1, 0.15) is 5.82 Å². The standard InChI is InChI=1S/C21H31FN6S/c1-3-23-21(24-9-8-20-26-16-17(2)29-20)25-10-11-27-12-14-28(15-13-27)19-6-4-18(22)5-7-19/h4-7,16H,3,8-15H2,1-2H3,(H2,23,24,25). The number of hydrogen-bond donors (Lipinski definition) is 2. The monoisotopic (exact) mass is 418 g/mol. The minimum Gasteiger partial charge on any atom is -0.369 e. The molecule has 6 nitrogen and oxygen atoms in total. The largest absolute Gasteiger partial charge is 0.369 e. The molecule has 0 unspecified atom stereocenters. The summed E-state index contributed by atoms with van der Waals surface area (Å²) >= 11 is 1.75. The van der Waals surface area contributed by atoms with Crippen LogP contribution in [-0.4, -0.2) is 68.2 Å². The van der Waals surface area contributed by atoms with Gasteiger partial charge in [0.15, 0.2) is 5.96 Å². The van der Waals surface area contributed by atoms with E-state index in [1.54, 1.807) is 11.3 Å². The predicted molar refractivity (Wildman–Crippen MR) is 120 cm³/mol. The van der Waals surface area contributed by atoms with E-state index in [4.69, 9.17) is 4.99 Å². The zero-order chi connectivity index (χ0) is 20.5. The Morgan fingerprint density at radius 1 is 1.17 bits per heavy atom. The average Bonchev–Trinajstić information content (AvgIpc) is 3.14. The first-order valence-corrected chi connectivity index (χ1v) is 11.1. The average molecular weight is 419 g/mol. The van der Waals surface area contributed by atoms with Crippen LogP contribution in [0.3, 0.4) is 0 Å². The number of benzene rings is 1. The highest BCUT2D eigenvalue weighted by Gasteiger charge is 2.16. The van der Waals surface area contributed by atoms with Gasteiger partial charge in [-0.05, 0) is 38.1 Å². The summed E-state index contributed by atoms with van der Waals surface area (Å²) in [6, 6.07) is 6.77. The van der Waals surface area contributed by atoms with Gasteiger partial charge < -0.3 is 15.5 Å². The molecule has 0 radical (unpaired) electrons. The molecule has 1 aromatic heterocycles. The summed E-state index contributed by atoms with van der Waals surface area (Å²) in [6.45, 7) is 11.5. The van der Waals surface area contributed by atoms with Crippen LogP contribution in [0.5, 0.6) is 0 Å². The maximum Gasteiger partial charge on any atom is 0.191 e. The van der Waals surface area contributed by atoms with E-state index >= 15 is 0 Å². The van der Waals surface area contributed by atoms with E-state index in [1.165, 1.54) is 17.0 Å². The summed E-state index contributed by atoms with van der Waals surface area (Å²) in [7, 11) is 0. The van der Waals surface area contributed by atoms with Crippen LogP contribution in [0.25, 0.3) is 0 Å². The molecule has 0 atom stereocenters. The third-order valence-electron chi connectivity index (χ3n) is 4.89. The lowest BCUT2D eigenvalue weighted by molar-refractivity contribution is 0.265. The van der Waals surface area contributed by atoms with E-state index in [9.17, 15) is 4.39 Å². The third-order valence-corrected chi connectivity index (χ3v) is 5.87. The van der Waals surface area contributed by atoms with Gasteiger partial charge >= 0.3 is 0 Å². The van der Waals surface area contributed by atoms with Gasteiger partial charge in [-0.15, -0.1) is 11.3 Å². The molecule has 1 fully saturated rings. The second kappa shape index (κ2) is 11.1. The highest BCUT2D eigenvalue weighted by Crippen LogP contribution is 2.16. The Bertz CT molecular complexity index is 768. The van der Waals surface area contributed by atoms with Crippen molar-refractivity contribution in [3.8, 4) is 0 Å². The van der Waals surface area contributed by atoms with Crippen molar-refractivity contribution in [3.05, 3.63) is 46.2 Å². The van der Waals surface area contributed by atoms with Crippen LogP contribution in [0.1, 0.15) is 16.8 Å². The van der Waals surface area contributed by atoms with Gasteiger partial charge in [0.25, 0.3) is 0 Å². The van der Waals surface area contributed by atoms with Crippen molar-refractivity contribution >= 4 is 23.0 Å². The second-order valence-electron chi connectivity index (χ2n) is 7.11. The van der Waals surface area contributed by atoms with Crippen LogP contribution in [0.15, 0.2) is 35.5 Å². The number of piperazine rings is 1. The SMILES string of the molecule is CCNC(=NCCN1CCN(c2ccc(F)cc2)CC1)NCCc1ncc(C)s1. The normalized spacial score (nSPS) is 15.6. The van der Waals surface area contributed by atoms with Crippen LogP contribution >= 0.6 is 11.3 Å². The summed E-state index contributed by atoms with van der Waals surface area (Å²) in [4.78, 5) is 15.1. The number of aliphatic imine (C=N–C) groups is 1. The molecule has 0 bridgehead atoms. The molecule has 8 heteroatoms. The first-order chi connectivity index (χ1) is 14.1. The van der Waals surface area contributed by atoms with Crippen molar-refractivity contribution < 1.29 is 4.39 Å². The zero-order valence-corrected chi connectivity index (χ0v) is 18.1. The topological polar surface area (TPSA) is 55.8 Å². The van der Waals surface area contributed by atoms with Crippen LogP contribution in [0.4, 0.5) is 10.1 Å². The van der Waals surface area contributed by atoms with Crippen LogP contribution in [0.2, 0.25) is 0 Å². The lowest BCUT2D eigenvalue weighted by atomic mass is 10.2. The number of nitrogens with zero attached hydrogens (tertiary/aromatic N) is 4. The number of rotatable bonds is 8. The van der Waals surface area contributed by atoms with E-state index in [-0.39, 0.29) is 5.82 Å². The number of aryl methyl sites for hydroxylation is 1. The summed E-state index contributed by atoms with van der Waals surface area (Å²) in [5, 5.41) is 7.86. The third kappa shape index (κ3) is 6.97. The highest BCUT2D eigenvalue weighted by atomic mass is 32.1. The molecular weight excluding hydrogens is 387 g/mol. The number of hydrogen-bond acceptors (Lipinski definition) is 5. The highest BCUT2D eigenvalue weighted by molar-refractivity contribution is 7.11. The van der Waals surface area contributed by atoms with Crippen molar-refractivity contribution in [1.29, 1.82) is 0 Å². The molecule has 0 aliphatic carbocycles. The number of nitrogens with one attached hydrogen (secondary N) is 2. The number of guanidine groups is 1. The Hall–Kier alpha value is -2.19. The minimum atomic E-state index is -0.183. The maximum absolute atomic E-state index is 13.1. The molecule has 2 N–H and O–H groups in total.